The molecule has 10 atom stereocenters. The maximum atomic E-state index is 11.5. The molecule has 2 fully saturated rings. The predicted molar refractivity (Wildman–Crippen MR) is 91.8 cm³/mol. The van der Waals surface area contributed by atoms with Crippen molar-refractivity contribution in [3.63, 3.8) is 0 Å². The monoisotopic (exact) mass is 424 g/mol. The summed E-state index contributed by atoms with van der Waals surface area (Å²) in [4.78, 5) is 22.8. The number of rotatable bonds is 6. The number of hydrogen-bond donors (Lipinski definition) is 8. The fourth-order valence-corrected chi connectivity index (χ4v) is 3.38. The van der Waals surface area contributed by atoms with Gasteiger partial charge in [0.15, 0.2) is 12.6 Å². The van der Waals surface area contributed by atoms with Crippen LogP contribution >= 0.6 is 0 Å². The van der Waals surface area contributed by atoms with Crippen molar-refractivity contribution >= 4 is 11.8 Å². The second-order valence-corrected chi connectivity index (χ2v) is 7.00. The average molecular weight is 424 g/mol. The Kier molecular flexibility index (Phi) is 8.28. The number of ether oxygens (including phenoxy) is 3. The summed E-state index contributed by atoms with van der Waals surface area (Å²) < 4.78 is 16.3. The van der Waals surface area contributed by atoms with Gasteiger partial charge in [-0.1, -0.05) is 0 Å². The summed E-state index contributed by atoms with van der Waals surface area (Å²) >= 11 is 0. The maximum absolute atomic E-state index is 11.5. The minimum atomic E-state index is -1.64. The van der Waals surface area contributed by atoms with E-state index in [0.29, 0.717) is 0 Å². The molecule has 0 aliphatic carbocycles. The molecule has 2 saturated heterocycles. The van der Waals surface area contributed by atoms with E-state index in [-0.39, 0.29) is 0 Å². The maximum Gasteiger partial charge on any atom is 0.217 e. The molecule has 0 spiro atoms. The number of nitrogens with one attached hydrogen (secondary N) is 2. The summed E-state index contributed by atoms with van der Waals surface area (Å²) in [5.74, 6) is -1.14. The third-order valence-electron chi connectivity index (χ3n) is 4.78. The van der Waals surface area contributed by atoms with E-state index in [2.05, 4.69) is 10.6 Å². The SMILES string of the molecule is CC(=O)NC1[C@H](O)OC(CO)[C@@H](O[C@@H]2OC(CO)[C@H](O)[C@H](O)C2NC(C)=O)[C@@H]1O. The smallest absolute Gasteiger partial charge is 0.217 e. The number of carbonyl (C=O) groups excluding carboxylic acids is 2. The van der Waals surface area contributed by atoms with Gasteiger partial charge in [0.05, 0.1) is 13.2 Å². The van der Waals surface area contributed by atoms with Crippen LogP contribution in [0.4, 0.5) is 0 Å². The van der Waals surface area contributed by atoms with Crippen molar-refractivity contribution in [2.45, 2.75) is 75.1 Å². The molecule has 2 aliphatic rings. The van der Waals surface area contributed by atoms with Gasteiger partial charge in [-0.25, -0.2) is 0 Å². The fraction of sp³-hybridized carbons (Fsp3) is 0.875. The summed E-state index contributed by atoms with van der Waals surface area (Å²) in [6.45, 7) is 0.962. The Balaban J connectivity index is 2.26. The highest BCUT2D eigenvalue weighted by atomic mass is 16.7. The van der Waals surface area contributed by atoms with Gasteiger partial charge in [-0.3, -0.25) is 9.59 Å². The first-order valence-electron chi connectivity index (χ1n) is 9.05. The van der Waals surface area contributed by atoms with Gasteiger partial charge in [-0.2, -0.15) is 0 Å². The van der Waals surface area contributed by atoms with Crippen LogP contribution < -0.4 is 10.6 Å². The quantitative estimate of drug-likeness (QED) is 0.202. The molecule has 13 heteroatoms. The molecule has 29 heavy (non-hydrogen) atoms. The van der Waals surface area contributed by atoms with Crippen molar-refractivity contribution in [1.82, 2.24) is 10.6 Å². The van der Waals surface area contributed by atoms with E-state index in [1.807, 2.05) is 0 Å². The van der Waals surface area contributed by atoms with Crippen LogP contribution in [0.15, 0.2) is 0 Å². The Morgan fingerprint density at radius 2 is 1.38 bits per heavy atom. The second-order valence-electron chi connectivity index (χ2n) is 7.00. The molecule has 4 unspecified atom stereocenters. The largest absolute Gasteiger partial charge is 0.394 e. The number of amides is 2. The third-order valence-corrected chi connectivity index (χ3v) is 4.78. The Morgan fingerprint density at radius 3 is 1.90 bits per heavy atom. The van der Waals surface area contributed by atoms with Crippen LogP contribution in [0.5, 0.6) is 0 Å². The summed E-state index contributed by atoms with van der Waals surface area (Å²) in [6.07, 6.45) is -11.7. The topological polar surface area (TPSA) is 207 Å². The molecule has 13 nitrogen and oxygen atoms in total. The van der Waals surface area contributed by atoms with Gasteiger partial charge in [0.25, 0.3) is 0 Å². The van der Waals surface area contributed by atoms with E-state index in [1.54, 1.807) is 0 Å². The lowest BCUT2D eigenvalue weighted by atomic mass is 9.94. The highest BCUT2D eigenvalue weighted by Crippen LogP contribution is 2.28. The van der Waals surface area contributed by atoms with Crippen LogP contribution in [0.3, 0.4) is 0 Å². The number of aliphatic hydroxyl groups excluding tert-OH is 6. The molecular formula is C16H28N2O11. The molecule has 2 rings (SSSR count). The fourth-order valence-electron chi connectivity index (χ4n) is 3.38. The van der Waals surface area contributed by atoms with E-state index >= 15 is 0 Å². The molecule has 0 aromatic carbocycles. The van der Waals surface area contributed by atoms with E-state index in [1.165, 1.54) is 0 Å². The Hall–Kier alpha value is -1.42. The average Bonchev–Trinajstić information content (AvgIpc) is 2.65. The molecule has 0 aromatic heterocycles. The normalized spacial score (nSPS) is 42.9. The highest BCUT2D eigenvalue weighted by molar-refractivity contribution is 5.73. The number of carbonyl (C=O) groups is 2. The van der Waals surface area contributed by atoms with Crippen molar-refractivity contribution in [1.29, 1.82) is 0 Å². The van der Waals surface area contributed by atoms with Gasteiger partial charge in [-0.15, -0.1) is 0 Å². The minimum Gasteiger partial charge on any atom is -0.394 e. The Labute approximate surface area is 166 Å². The second kappa shape index (κ2) is 10.1. The zero-order valence-corrected chi connectivity index (χ0v) is 15.9. The van der Waals surface area contributed by atoms with Crippen LogP contribution in [0, 0.1) is 0 Å². The molecule has 0 aromatic rings. The van der Waals surface area contributed by atoms with Crippen molar-refractivity contribution in [3.8, 4) is 0 Å². The zero-order chi connectivity index (χ0) is 21.9. The molecule has 8 N–H and O–H groups in total. The molecule has 168 valence electrons. The first kappa shape index (κ1) is 23.9. The van der Waals surface area contributed by atoms with Gasteiger partial charge in [0.1, 0.15) is 48.7 Å². The van der Waals surface area contributed by atoms with Crippen LogP contribution in [-0.2, 0) is 23.8 Å². The first-order valence-corrected chi connectivity index (χ1v) is 9.05. The minimum absolute atomic E-state index is 0.568. The number of aliphatic hydroxyl groups is 6. The van der Waals surface area contributed by atoms with Gasteiger partial charge in [0.2, 0.25) is 11.8 Å². The predicted octanol–water partition coefficient (Wildman–Crippen LogP) is -5.11. The zero-order valence-electron chi connectivity index (χ0n) is 15.9. The lowest BCUT2D eigenvalue weighted by Gasteiger charge is -2.47. The van der Waals surface area contributed by atoms with Crippen molar-refractivity contribution in [2.75, 3.05) is 13.2 Å². The summed E-state index contributed by atoms with van der Waals surface area (Å²) in [5.41, 5.74) is 0. The molecule has 0 bridgehead atoms. The van der Waals surface area contributed by atoms with Crippen molar-refractivity contribution < 1.29 is 54.4 Å². The molecule has 2 aliphatic heterocycles. The standard InChI is InChI=1S/C16H28N2O11/c1-5(21)17-9-13(25)14(8(4-20)27-15(9)26)29-16-10(18-6(2)22)12(24)11(23)7(3-19)28-16/h7-16,19-20,23-26H,3-4H2,1-2H3,(H,17,21)(H,18,22)/t7?,8?,9?,10?,11-,12+,13+,14+,15+,16-/m0/s1. The summed E-state index contributed by atoms with van der Waals surface area (Å²) in [6, 6.07) is -2.59. The van der Waals surface area contributed by atoms with Crippen molar-refractivity contribution in [3.05, 3.63) is 0 Å². The highest BCUT2D eigenvalue weighted by Gasteiger charge is 2.51. The Morgan fingerprint density at radius 1 is 0.828 bits per heavy atom. The lowest BCUT2D eigenvalue weighted by molar-refractivity contribution is -0.327. The van der Waals surface area contributed by atoms with Gasteiger partial charge in [-0.05, 0) is 0 Å². The van der Waals surface area contributed by atoms with Crippen LogP contribution in [0.2, 0.25) is 0 Å². The van der Waals surface area contributed by atoms with Gasteiger partial charge < -0.3 is 55.5 Å². The molecule has 2 heterocycles. The van der Waals surface area contributed by atoms with E-state index in [4.69, 9.17) is 14.2 Å². The molecule has 0 radical (unpaired) electrons. The van der Waals surface area contributed by atoms with E-state index in [9.17, 15) is 40.2 Å². The third kappa shape index (κ3) is 5.39. The van der Waals surface area contributed by atoms with Crippen molar-refractivity contribution in [2.24, 2.45) is 0 Å². The summed E-state index contributed by atoms with van der Waals surface area (Å²) in [7, 11) is 0. The molecular weight excluding hydrogens is 396 g/mol. The van der Waals surface area contributed by atoms with Gasteiger partial charge >= 0.3 is 0 Å². The van der Waals surface area contributed by atoms with Crippen LogP contribution in [0.25, 0.3) is 0 Å². The molecule has 2 amide bonds. The van der Waals surface area contributed by atoms with E-state index < -0.39 is 86.3 Å². The Bertz CT molecular complexity index is 579. The summed E-state index contributed by atoms with van der Waals surface area (Å²) in [5, 5.41) is 64.5. The van der Waals surface area contributed by atoms with Crippen LogP contribution in [-0.4, -0.2) is 117 Å². The van der Waals surface area contributed by atoms with Crippen LogP contribution in [0.1, 0.15) is 13.8 Å². The first-order chi connectivity index (χ1) is 13.6. The van der Waals surface area contributed by atoms with Gasteiger partial charge in [0, 0.05) is 13.8 Å². The van der Waals surface area contributed by atoms with E-state index in [0.717, 1.165) is 13.8 Å². The lowest BCUT2D eigenvalue weighted by Crippen LogP contribution is -2.69. The number of hydrogen-bond acceptors (Lipinski definition) is 11. The molecule has 0 saturated carbocycles.